The molecule has 0 heterocycles. The van der Waals surface area contributed by atoms with Crippen LogP contribution < -0.4 is 0 Å². The number of Topliss-reactive ketones (excluding diaryl/α,β-unsaturated/α-hetero) is 1. The molecular weight excluding hydrogens is 196 g/mol. The monoisotopic (exact) mass is 220 g/mol. The minimum Gasteiger partial charge on any atom is -0.299 e. The van der Waals surface area contributed by atoms with Crippen LogP contribution in [0.15, 0.2) is 23.3 Å². The summed E-state index contributed by atoms with van der Waals surface area (Å²) in [6, 6.07) is 0. The van der Waals surface area contributed by atoms with Gasteiger partial charge in [-0.15, -0.1) is 0 Å². The van der Waals surface area contributed by atoms with Gasteiger partial charge in [0.25, 0.3) is 0 Å². The predicted molar refractivity (Wildman–Crippen MR) is 69.4 cm³/mol. The van der Waals surface area contributed by atoms with E-state index in [1.807, 2.05) is 0 Å². The SMILES string of the molecule is CC(C)=CCC/C(C)=C/CC1CCCC1=O. The molecule has 0 saturated heterocycles. The smallest absolute Gasteiger partial charge is 0.136 e. The van der Waals surface area contributed by atoms with Crippen LogP contribution in [0.5, 0.6) is 0 Å². The van der Waals surface area contributed by atoms with E-state index in [-0.39, 0.29) is 0 Å². The van der Waals surface area contributed by atoms with Gasteiger partial charge in [0.15, 0.2) is 0 Å². The molecule has 1 unspecified atom stereocenters. The maximum atomic E-state index is 11.5. The van der Waals surface area contributed by atoms with E-state index in [4.69, 9.17) is 0 Å². The van der Waals surface area contributed by atoms with Crippen molar-refractivity contribution in [2.24, 2.45) is 5.92 Å². The second-order valence-corrected chi connectivity index (χ2v) is 5.16. The lowest BCUT2D eigenvalue weighted by molar-refractivity contribution is -0.120. The Bertz CT molecular complexity index is 293. The van der Waals surface area contributed by atoms with Crippen LogP contribution in [0, 0.1) is 5.92 Å². The van der Waals surface area contributed by atoms with Crippen molar-refractivity contribution in [3.8, 4) is 0 Å². The third-order valence-electron chi connectivity index (χ3n) is 3.27. The molecule has 1 fully saturated rings. The van der Waals surface area contributed by atoms with Gasteiger partial charge < -0.3 is 0 Å². The zero-order valence-corrected chi connectivity index (χ0v) is 10.9. The van der Waals surface area contributed by atoms with Gasteiger partial charge in [-0.05, 0) is 52.9 Å². The molecule has 0 amide bonds. The minimum atomic E-state index is 0.332. The molecule has 0 aromatic heterocycles. The Morgan fingerprint density at radius 1 is 1.31 bits per heavy atom. The van der Waals surface area contributed by atoms with Crippen LogP contribution in [0.3, 0.4) is 0 Å². The van der Waals surface area contributed by atoms with E-state index in [9.17, 15) is 4.79 Å². The van der Waals surface area contributed by atoms with Crippen LogP contribution in [-0.2, 0) is 4.79 Å². The van der Waals surface area contributed by atoms with Gasteiger partial charge in [-0.1, -0.05) is 23.3 Å². The molecule has 90 valence electrons. The molecule has 1 nitrogen and oxygen atoms in total. The van der Waals surface area contributed by atoms with E-state index in [0.29, 0.717) is 11.7 Å². The molecule has 0 N–H and O–H groups in total. The lowest BCUT2D eigenvalue weighted by Crippen LogP contribution is -2.04. The number of allylic oxidation sites excluding steroid dienone is 4. The highest BCUT2D eigenvalue weighted by molar-refractivity contribution is 5.82. The molecule has 16 heavy (non-hydrogen) atoms. The van der Waals surface area contributed by atoms with E-state index < -0.39 is 0 Å². The summed E-state index contributed by atoms with van der Waals surface area (Å²) in [6.45, 7) is 6.45. The molecule has 1 atom stereocenters. The van der Waals surface area contributed by atoms with Gasteiger partial charge >= 0.3 is 0 Å². The Kier molecular flexibility index (Phi) is 5.51. The van der Waals surface area contributed by atoms with Gasteiger partial charge in [0.1, 0.15) is 5.78 Å². The number of ketones is 1. The third kappa shape index (κ3) is 4.78. The molecule has 0 spiro atoms. The summed E-state index contributed by atoms with van der Waals surface area (Å²) in [6.07, 6.45) is 10.8. The first kappa shape index (κ1) is 13.2. The Balaban J connectivity index is 2.28. The van der Waals surface area contributed by atoms with Gasteiger partial charge in [0, 0.05) is 12.3 Å². The van der Waals surface area contributed by atoms with Crippen LogP contribution in [0.25, 0.3) is 0 Å². The molecule has 1 saturated carbocycles. The molecule has 0 aromatic carbocycles. The highest BCUT2D eigenvalue weighted by atomic mass is 16.1. The van der Waals surface area contributed by atoms with Gasteiger partial charge in [-0.2, -0.15) is 0 Å². The van der Waals surface area contributed by atoms with Crippen molar-refractivity contribution in [1.29, 1.82) is 0 Å². The zero-order chi connectivity index (χ0) is 12.0. The first-order valence-corrected chi connectivity index (χ1v) is 6.41. The summed E-state index contributed by atoms with van der Waals surface area (Å²) in [5, 5.41) is 0. The Morgan fingerprint density at radius 3 is 2.62 bits per heavy atom. The summed E-state index contributed by atoms with van der Waals surface area (Å²) < 4.78 is 0. The van der Waals surface area contributed by atoms with Crippen molar-refractivity contribution in [2.45, 2.75) is 59.3 Å². The molecule has 1 rings (SSSR count). The Labute approximate surface area is 99.6 Å². The molecule has 0 aliphatic heterocycles. The van der Waals surface area contributed by atoms with Crippen LogP contribution in [0.2, 0.25) is 0 Å². The number of carbonyl (C=O) groups is 1. The fourth-order valence-electron chi connectivity index (χ4n) is 2.17. The van der Waals surface area contributed by atoms with Crippen LogP contribution >= 0.6 is 0 Å². The fourth-order valence-corrected chi connectivity index (χ4v) is 2.17. The van der Waals surface area contributed by atoms with E-state index in [0.717, 1.165) is 38.5 Å². The average molecular weight is 220 g/mol. The average Bonchev–Trinajstić information content (AvgIpc) is 2.60. The predicted octanol–water partition coefficient (Wildman–Crippen LogP) is 4.44. The summed E-state index contributed by atoms with van der Waals surface area (Å²) in [5.74, 6) is 0.812. The van der Waals surface area contributed by atoms with Crippen molar-refractivity contribution in [1.82, 2.24) is 0 Å². The highest BCUT2D eigenvalue weighted by Crippen LogP contribution is 2.25. The first-order chi connectivity index (χ1) is 7.59. The van der Waals surface area contributed by atoms with Crippen molar-refractivity contribution in [3.63, 3.8) is 0 Å². The second kappa shape index (κ2) is 6.67. The number of carbonyl (C=O) groups excluding carboxylic acids is 1. The topological polar surface area (TPSA) is 17.1 Å². The molecule has 1 aliphatic rings. The molecule has 0 bridgehead atoms. The number of hydrogen-bond acceptors (Lipinski definition) is 1. The molecular formula is C15H24O. The fraction of sp³-hybridized carbons (Fsp3) is 0.667. The maximum Gasteiger partial charge on any atom is 0.136 e. The summed E-state index contributed by atoms with van der Waals surface area (Å²) in [4.78, 5) is 11.5. The summed E-state index contributed by atoms with van der Waals surface area (Å²) in [7, 11) is 0. The Hall–Kier alpha value is -0.850. The largest absolute Gasteiger partial charge is 0.299 e. The van der Waals surface area contributed by atoms with E-state index in [1.165, 1.54) is 11.1 Å². The van der Waals surface area contributed by atoms with Crippen molar-refractivity contribution in [3.05, 3.63) is 23.3 Å². The van der Waals surface area contributed by atoms with E-state index in [2.05, 4.69) is 32.9 Å². The van der Waals surface area contributed by atoms with Crippen molar-refractivity contribution in [2.75, 3.05) is 0 Å². The highest BCUT2D eigenvalue weighted by Gasteiger charge is 2.22. The lowest BCUT2D eigenvalue weighted by atomic mass is 10.00. The molecule has 1 heteroatoms. The van der Waals surface area contributed by atoms with Gasteiger partial charge in [0.05, 0.1) is 0 Å². The van der Waals surface area contributed by atoms with Gasteiger partial charge in [-0.3, -0.25) is 4.79 Å². The molecule has 0 aromatic rings. The Morgan fingerprint density at radius 2 is 2.06 bits per heavy atom. The molecule has 1 aliphatic carbocycles. The van der Waals surface area contributed by atoms with E-state index in [1.54, 1.807) is 0 Å². The van der Waals surface area contributed by atoms with Gasteiger partial charge in [-0.25, -0.2) is 0 Å². The lowest BCUT2D eigenvalue weighted by Gasteiger charge is -2.05. The summed E-state index contributed by atoms with van der Waals surface area (Å²) in [5.41, 5.74) is 2.82. The van der Waals surface area contributed by atoms with Crippen molar-refractivity contribution >= 4 is 5.78 Å². The quantitative estimate of drug-likeness (QED) is 0.626. The minimum absolute atomic E-state index is 0.332. The number of rotatable bonds is 5. The normalized spacial score (nSPS) is 21.3. The van der Waals surface area contributed by atoms with Gasteiger partial charge in [0.2, 0.25) is 0 Å². The van der Waals surface area contributed by atoms with Crippen LogP contribution in [-0.4, -0.2) is 5.78 Å². The van der Waals surface area contributed by atoms with Crippen LogP contribution in [0.1, 0.15) is 59.3 Å². The molecule has 0 radical (unpaired) electrons. The maximum absolute atomic E-state index is 11.5. The van der Waals surface area contributed by atoms with Crippen LogP contribution in [0.4, 0.5) is 0 Å². The number of hydrogen-bond donors (Lipinski definition) is 0. The standard InChI is InChI=1S/C15H24O/c1-12(2)6-4-7-13(3)10-11-14-8-5-9-15(14)16/h6,10,14H,4-5,7-9,11H2,1-3H3/b13-10+. The second-order valence-electron chi connectivity index (χ2n) is 5.16. The van der Waals surface area contributed by atoms with E-state index >= 15 is 0 Å². The zero-order valence-electron chi connectivity index (χ0n) is 10.9. The third-order valence-corrected chi connectivity index (χ3v) is 3.27. The summed E-state index contributed by atoms with van der Waals surface area (Å²) >= 11 is 0. The first-order valence-electron chi connectivity index (χ1n) is 6.41. The van der Waals surface area contributed by atoms with Crippen molar-refractivity contribution < 1.29 is 4.79 Å².